The van der Waals surface area contributed by atoms with Crippen molar-refractivity contribution in [1.29, 1.82) is 0 Å². The van der Waals surface area contributed by atoms with Crippen LogP contribution in [0.2, 0.25) is 0 Å². The van der Waals surface area contributed by atoms with Gasteiger partial charge in [-0.25, -0.2) is 9.97 Å². The van der Waals surface area contributed by atoms with E-state index in [0.29, 0.717) is 52.7 Å². The van der Waals surface area contributed by atoms with Crippen LogP contribution in [0.5, 0.6) is 5.75 Å². The first-order chi connectivity index (χ1) is 19.7. The van der Waals surface area contributed by atoms with Gasteiger partial charge in [-0.05, 0) is 70.4 Å². The number of rotatable bonds is 9. The summed E-state index contributed by atoms with van der Waals surface area (Å²) in [6.07, 6.45) is 3.50. The van der Waals surface area contributed by atoms with Gasteiger partial charge in [-0.1, -0.05) is 0 Å². The van der Waals surface area contributed by atoms with E-state index >= 15 is 0 Å². The molecule has 1 saturated heterocycles. The first-order valence-electron chi connectivity index (χ1n) is 14.2. The molecule has 0 spiro atoms. The zero-order valence-electron chi connectivity index (χ0n) is 24.3. The molecule has 2 aromatic heterocycles. The lowest BCUT2D eigenvalue weighted by atomic mass is 10.0. The van der Waals surface area contributed by atoms with Crippen LogP contribution in [0.3, 0.4) is 0 Å². The summed E-state index contributed by atoms with van der Waals surface area (Å²) in [5.41, 5.74) is 3.74. The Hall–Kier alpha value is -3.96. The van der Waals surface area contributed by atoms with E-state index in [9.17, 15) is 9.59 Å². The van der Waals surface area contributed by atoms with Gasteiger partial charge in [-0.15, -0.1) is 0 Å². The van der Waals surface area contributed by atoms with E-state index in [2.05, 4.69) is 47.9 Å². The van der Waals surface area contributed by atoms with Gasteiger partial charge in [-0.3, -0.25) is 14.5 Å². The molecule has 11 heteroatoms. The highest BCUT2D eigenvalue weighted by molar-refractivity contribution is 6.07. The Labute approximate surface area is 240 Å². The fourth-order valence-corrected chi connectivity index (χ4v) is 5.05. The molecular formula is C30H38N8O3. The van der Waals surface area contributed by atoms with Crippen molar-refractivity contribution >= 4 is 17.6 Å². The number of nitrogens with one attached hydrogen (secondary N) is 3. The van der Waals surface area contributed by atoms with E-state index in [-0.39, 0.29) is 17.4 Å². The number of anilines is 1. The second-order valence-corrected chi connectivity index (χ2v) is 11.0. The van der Waals surface area contributed by atoms with Gasteiger partial charge < -0.3 is 20.7 Å². The van der Waals surface area contributed by atoms with Crippen LogP contribution in [0, 0.1) is 20.8 Å². The van der Waals surface area contributed by atoms with Crippen LogP contribution in [0.15, 0.2) is 30.5 Å². The average Bonchev–Trinajstić information content (AvgIpc) is 3.80. The third-order valence-electron chi connectivity index (χ3n) is 7.54. The fourth-order valence-electron chi connectivity index (χ4n) is 5.05. The molecule has 1 unspecified atom stereocenters. The lowest BCUT2D eigenvalue weighted by Gasteiger charge is -2.34. The molecule has 3 heterocycles. The van der Waals surface area contributed by atoms with E-state index in [0.717, 1.165) is 43.7 Å². The number of hydrogen-bond acceptors (Lipinski definition) is 9. The van der Waals surface area contributed by atoms with Gasteiger partial charge in [0.1, 0.15) is 23.1 Å². The zero-order chi connectivity index (χ0) is 29.1. The molecule has 41 heavy (non-hydrogen) atoms. The summed E-state index contributed by atoms with van der Waals surface area (Å²) in [4.78, 5) is 37.2. The van der Waals surface area contributed by atoms with Gasteiger partial charge in [-0.2, -0.15) is 10.2 Å². The highest BCUT2D eigenvalue weighted by Gasteiger charge is 2.29. The molecule has 1 saturated carbocycles. The highest BCUT2D eigenvalue weighted by Crippen LogP contribution is 2.39. The summed E-state index contributed by atoms with van der Waals surface area (Å²) in [6.45, 7) is 10.8. The number of aryl methyl sites for hydroxylation is 3. The number of hydrogen-bond donors (Lipinski definition) is 3. The Kier molecular flexibility index (Phi) is 8.55. The molecule has 2 aliphatic rings. The maximum absolute atomic E-state index is 13.3. The third kappa shape index (κ3) is 6.86. The number of carbonyl (C=O) groups is 2. The molecule has 216 valence electrons. The third-order valence-corrected chi connectivity index (χ3v) is 7.54. The topological polar surface area (TPSA) is 134 Å². The van der Waals surface area contributed by atoms with Crippen molar-refractivity contribution in [2.24, 2.45) is 0 Å². The summed E-state index contributed by atoms with van der Waals surface area (Å²) in [7, 11) is 1.56. The number of aromatic nitrogens is 4. The van der Waals surface area contributed by atoms with Crippen molar-refractivity contribution in [3.8, 4) is 5.75 Å². The van der Waals surface area contributed by atoms with Gasteiger partial charge >= 0.3 is 0 Å². The number of piperazine rings is 1. The lowest BCUT2D eigenvalue weighted by molar-refractivity contribution is 0.0934. The summed E-state index contributed by atoms with van der Waals surface area (Å²) < 4.78 is 6.60. The van der Waals surface area contributed by atoms with Crippen LogP contribution in [0.1, 0.15) is 80.8 Å². The molecule has 2 atom stereocenters. The maximum atomic E-state index is 13.3. The molecule has 1 aliphatic carbocycles. The molecule has 2 amide bonds. The monoisotopic (exact) mass is 558 g/mol. The Morgan fingerprint density at radius 3 is 2.59 bits per heavy atom. The predicted molar refractivity (Wildman–Crippen MR) is 155 cm³/mol. The van der Waals surface area contributed by atoms with Gasteiger partial charge in [0.2, 0.25) is 0 Å². The Balaban J connectivity index is 1.46. The average molecular weight is 559 g/mol. The zero-order valence-corrected chi connectivity index (χ0v) is 24.3. The standard InChI is InChI=1S/C30H38N8O3/c1-17-12-26(23(29(39)31-5)13-22(17)30(40)35-28-18(2)14-33-20(4)34-28)41-27(16-38-11-10-32-19(3)15-38)25-9-8-24(36-37-25)21-6-7-21/h8-9,12-14,19,21,27,32H,6-7,10-11,15-16H2,1-5H3,(H,31,39)(H,33,34,35,40)/t19-,27?/m1/s1. The highest BCUT2D eigenvalue weighted by atomic mass is 16.5. The molecule has 3 N–H and O–H groups in total. The molecule has 1 aliphatic heterocycles. The van der Waals surface area contributed by atoms with E-state index < -0.39 is 6.10 Å². The first-order valence-corrected chi connectivity index (χ1v) is 14.2. The second kappa shape index (κ2) is 12.3. The van der Waals surface area contributed by atoms with Gasteiger partial charge in [0.15, 0.2) is 6.10 Å². The van der Waals surface area contributed by atoms with E-state index in [1.807, 2.05) is 26.0 Å². The van der Waals surface area contributed by atoms with Crippen LogP contribution in [0.4, 0.5) is 5.82 Å². The van der Waals surface area contributed by atoms with Crippen LogP contribution in [-0.4, -0.2) is 76.1 Å². The lowest BCUT2D eigenvalue weighted by Crippen LogP contribution is -2.50. The minimum absolute atomic E-state index is 0.264. The number of benzene rings is 1. The molecule has 11 nitrogen and oxygen atoms in total. The molecule has 0 radical (unpaired) electrons. The second-order valence-electron chi connectivity index (χ2n) is 11.0. The molecule has 5 rings (SSSR count). The molecule has 0 bridgehead atoms. The summed E-state index contributed by atoms with van der Waals surface area (Å²) in [6, 6.07) is 7.70. The van der Waals surface area contributed by atoms with Crippen molar-refractivity contribution in [3.63, 3.8) is 0 Å². The van der Waals surface area contributed by atoms with Gasteiger partial charge in [0.05, 0.1) is 11.3 Å². The Morgan fingerprint density at radius 2 is 1.90 bits per heavy atom. The van der Waals surface area contributed by atoms with Crippen molar-refractivity contribution in [2.45, 2.75) is 58.6 Å². The summed E-state index contributed by atoms with van der Waals surface area (Å²) in [5.74, 6) is 1.15. The van der Waals surface area contributed by atoms with Crippen LogP contribution in [0.25, 0.3) is 0 Å². The number of ether oxygens (including phenoxy) is 1. The SMILES string of the molecule is CNC(=O)c1cc(C(=O)Nc2nc(C)ncc2C)c(C)cc1OC(CN1CCN[C@H](C)C1)c1ccc(C2CC2)nn1. The van der Waals surface area contributed by atoms with Crippen molar-refractivity contribution < 1.29 is 14.3 Å². The molecular weight excluding hydrogens is 520 g/mol. The molecule has 3 aromatic rings. The number of carbonyl (C=O) groups excluding carboxylic acids is 2. The van der Waals surface area contributed by atoms with Crippen molar-refractivity contribution in [1.82, 2.24) is 35.7 Å². The van der Waals surface area contributed by atoms with Gasteiger partial charge in [0.25, 0.3) is 11.8 Å². The van der Waals surface area contributed by atoms with Crippen molar-refractivity contribution in [2.75, 3.05) is 38.5 Å². The molecule has 1 aromatic carbocycles. The minimum Gasteiger partial charge on any atom is -0.482 e. The van der Waals surface area contributed by atoms with Crippen LogP contribution in [-0.2, 0) is 0 Å². The van der Waals surface area contributed by atoms with E-state index in [4.69, 9.17) is 4.74 Å². The number of amides is 2. The largest absolute Gasteiger partial charge is 0.482 e. The number of nitrogens with zero attached hydrogens (tertiary/aromatic N) is 5. The Morgan fingerprint density at radius 1 is 1.10 bits per heavy atom. The maximum Gasteiger partial charge on any atom is 0.257 e. The summed E-state index contributed by atoms with van der Waals surface area (Å²) in [5, 5.41) is 18.1. The van der Waals surface area contributed by atoms with E-state index in [1.54, 1.807) is 32.3 Å². The van der Waals surface area contributed by atoms with E-state index in [1.165, 1.54) is 0 Å². The van der Waals surface area contributed by atoms with Gasteiger partial charge in [0, 0.05) is 62.5 Å². The smallest absolute Gasteiger partial charge is 0.257 e. The van der Waals surface area contributed by atoms with Crippen LogP contribution >= 0.6 is 0 Å². The van der Waals surface area contributed by atoms with Crippen LogP contribution < -0.4 is 20.7 Å². The molecule has 2 fully saturated rings. The minimum atomic E-state index is -0.463. The quantitative estimate of drug-likeness (QED) is 0.362. The fraction of sp³-hybridized carbons (Fsp3) is 0.467. The van der Waals surface area contributed by atoms with Crippen molar-refractivity contribution in [3.05, 3.63) is 69.9 Å². The predicted octanol–water partition coefficient (Wildman–Crippen LogP) is 3.09. The first kappa shape index (κ1) is 28.6. The summed E-state index contributed by atoms with van der Waals surface area (Å²) >= 11 is 0. The normalized spacial score (nSPS) is 18.0. The Bertz CT molecular complexity index is 1420.